The highest BCUT2D eigenvalue weighted by Gasteiger charge is 2.44. The molecule has 1 saturated heterocycles. The Morgan fingerprint density at radius 1 is 1.00 bits per heavy atom. The van der Waals surface area contributed by atoms with Gasteiger partial charge < -0.3 is 5.11 Å². The Morgan fingerprint density at radius 2 is 1.76 bits per heavy atom. The van der Waals surface area contributed by atoms with E-state index in [2.05, 4.69) is 35.2 Å². The third-order valence-electron chi connectivity index (χ3n) is 5.89. The van der Waals surface area contributed by atoms with Crippen molar-refractivity contribution in [2.75, 3.05) is 6.54 Å². The second kappa shape index (κ2) is 7.01. The number of benzene rings is 2. The fourth-order valence-electron chi connectivity index (χ4n) is 4.63. The van der Waals surface area contributed by atoms with Gasteiger partial charge in [-0.15, -0.1) is 0 Å². The second-order valence-corrected chi connectivity index (χ2v) is 7.36. The van der Waals surface area contributed by atoms with E-state index in [1.54, 1.807) is 12.1 Å². The first-order valence-electron chi connectivity index (χ1n) is 9.33. The van der Waals surface area contributed by atoms with Crippen LogP contribution < -0.4 is 0 Å². The summed E-state index contributed by atoms with van der Waals surface area (Å²) in [6, 6.07) is 18.5. The summed E-state index contributed by atoms with van der Waals surface area (Å²) in [5.41, 5.74) is 2.49. The molecule has 1 heterocycles. The zero-order chi connectivity index (χ0) is 17.2. The third-order valence-corrected chi connectivity index (χ3v) is 5.89. The van der Waals surface area contributed by atoms with Crippen molar-refractivity contribution in [1.29, 1.82) is 0 Å². The quantitative estimate of drug-likeness (QED) is 0.914. The molecule has 0 radical (unpaired) electrons. The first-order valence-corrected chi connectivity index (χ1v) is 9.33. The summed E-state index contributed by atoms with van der Waals surface area (Å²) in [5, 5.41) is 9.59. The van der Waals surface area contributed by atoms with Crippen LogP contribution in [0.3, 0.4) is 0 Å². The minimum Gasteiger partial charge on any atom is -0.508 e. The highest BCUT2D eigenvalue weighted by Crippen LogP contribution is 2.43. The summed E-state index contributed by atoms with van der Waals surface area (Å²) in [6.45, 7) is 0.976. The summed E-state index contributed by atoms with van der Waals surface area (Å²) >= 11 is 0. The fourth-order valence-corrected chi connectivity index (χ4v) is 4.63. The maximum absolute atomic E-state index is 12.7. The lowest BCUT2D eigenvalue weighted by Gasteiger charge is -2.43. The number of aromatic hydroxyl groups is 1. The van der Waals surface area contributed by atoms with Crippen molar-refractivity contribution in [3.63, 3.8) is 0 Å². The Bertz CT molecular complexity index is 725. The Kier molecular flexibility index (Phi) is 4.58. The first-order chi connectivity index (χ1) is 12.2. The minimum atomic E-state index is 0.135. The van der Waals surface area contributed by atoms with Gasteiger partial charge in [-0.05, 0) is 42.5 Å². The van der Waals surface area contributed by atoms with Crippen molar-refractivity contribution in [1.82, 2.24) is 4.90 Å². The molecular formula is C22H25NO2. The number of fused-ring (bicyclic) bond motifs is 1. The van der Waals surface area contributed by atoms with E-state index in [9.17, 15) is 9.90 Å². The van der Waals surface area contributed by atoms with E-state index in [1.165, 1.54) is 5.56 Å². The number of rotatable bonds is 4. The Labute approximate surface area is 149 Å². The molecule has 1 aliphatic carbocycles. The largest absolute Gasteiger partial charge is 0.508 e. The smallest absolute Gasteiger partial charge is 0.139 e. The molecule has 2 aromatic rings. The van der Waals surface area contributed by atoms with Gasteiger partial charge in [-0.3, -0.25) is 9.69 Å². The topological polar surface area (TPSA) is 40.5 Å². The predicted octanol–water partition coefficient (Wildman–Crippen LogP) is 4.12. The zero-order valence-corrected chi connectivity index (χ0v) is 14.5. The van der Waals surface area contributed by atoms with E-state index in [-0.39, 0.29) is 17.7 Å². The molecule has 0 bridgehead atoms. The lowest BCUT2D eigenvalue weighted by Crippen LogP contribution is -2.49. The summed E-state index contributed by atoms with van der Waals surface area (Å²) in [7, 11) is 0. The van der Waals surface area contributed by atoms with Gasteiger partial charge in [0.05, 0.1) is 0 Å². The van der Waals surface area contributed by atoms with Gasteiger partial charge in [0.1, 0.15) is 11.5 Å². The molecule has 0 unspecified atom stereocenters. The number of hydrogen-bond donors (Lipinski definition) is 1. The highest BCUT2D eigenvalue weighted by atomic mass is 16.3. The number of likely N-dealkylation sites (tertiary alicyclic amines) is 1. The van der Waals surface area contributed by atoms with Gasteiger partial charge in [0, 0.05) is 31.0 Å². The van der Waals surface area contributed by atoms with Crippen LogP contribution in [0, 0.1) is 5.92 Å². The van der Waals surface area contributed by atoms with E-state index in [4.69, 9.17) is 0 Å². The first kappa shape index (κ1) is 16.3. The van der Waals surface area contributed by atoms with Crippen LogP contribution in [0.2, 0.25) is 0 Å². The number of phenols is 1. The number of nitrogens with zero attached hydrogens (tertiary/aromatic N) is 1. The summed E-state index contributed by atoms with van der Waals surface area (Å²) in [6.07, 6.45) is 4.94. The molecule has 25 heavy (non-hydrogen) atoms. The average molecular weight is 335 g/mol. The number of ketones is 1. The van der Waals surface area contributed by atoms with Gasteiger partial charge in [0.25, 0.3) is 0 Å². The van der Waals surface area contributed by atoms with Crippen molar-refractivity contribution in [2.45, 2.75) is 44.2 Å². The molecule has 0 amide bonds. The zero-order valence-electron chi connectivity index (χ0n) is 14.5. The van der Waals surface area contributed by atoms with E-state index < -0.39 is 0 Å². The van der Waals surface area contributed by atoms with Crippen LogP contribution in [0.1, 0.15) is 42.9 Å². The lowest BCUT2D eigenvalue weighted by atomic mass is 9.83. The van der Waals surface area contributed by atoms with Gasteiger partial charge in [-0.2, -0.15) is 0 Å². The van der Waals surface area contributed by atoms with Crippen LogP contribution in [-0.2, 0) is 11.2 Å². The Morgan fingerprint density at radius 3 is 2.52 bits per heavy atom. The van der Waals surface area contributed by atoms with Crippen molar-refractivity contribution in [3.05, 3.63) is 65.7 Å². The molecule has 3 atom stereocenters. The second-order valence-electron chi connectivity index (χ2n) is 7.36. The number of carbonyl (C=O) groups excluding carboxylic acids is 1. The van der Waals surface area contributed by atoms with Crippen molar-refractivity contribution in [2.24, 2.45) is 5.92 Å². The van der Waals surface area contributed by atoms with Crippen LogP contribution in [0.25, 0.3) is 0 Å². The molecule has 0 spiro atoms. The van der Waals surface area contributed by atoms with Gasteiger partial charge >= 0.3 is 0 Å². The van der Waals surface area contributed by atoms with Crippen molar-refractivity contribution < 1.29 is 9.90 Å². The molecule has 3 heteroatoms. The Hall–Kier alpha value is -2.13. The van der Waals surface area contributed by atoms with Gasteiger partial charge in [0.15, 0.2) is 0 Å². The van der Waals surface area contributed by atoms with Crippen LogP contribution in [0.15, 0.2) is 54.6 Å². The maximum Gasteiger partial charge on any atom is 0.139 e. The SMILES string of the molecule is O=C1C[C@@H](c2ccc(O)cc2)N(CCc2ccccc2)[C@H]2CCC[C@H]12. The minimum absolute atomic E-state index is 0.135. The van der Waals surface area contributed by atoms with Crippen LogP contribution in [-0.4, -0.2) is 28.4 Å². The van der Waals surface area contributed by atoms with Crippen LogP contribution in [0.4, 0.5) is 0 Å². The number of Topliss-reactive ketones (excluding diaryl/α,β-unsaturated/α-hetero) is 1. The van der Waals surface area contributed by atoms with E-state index in [0.29, 0.717) is 18.2 Å². The van der Waals surface area contributed by atoms with Crippen LogP contribution >= 0.6 is 0 Å². The highest BCUT2D eigenvalue weighted by molar-refractivity contribution is 5.83. The van der Waals surface area contributed by atoms with E-state index in [0.717, 1.165) is 37.8 Å². The lowest BCUT2D eigenvalue weighted by molar-refractivity contribution is -0.130. The van der Waals surface area contributed by atoms with Gasteiger partial charge in [-0.25, -0.2) is 0 Å². The number of carbonyl (C=O) groups is 1. The summed E-state index contributed by atoms with van der Waals surface area (Å²) < 4.78 is 0. The molecule has 2 fully saturated rings. The molecule has 1 saturated carbocycles. The number of piperidine rings is 1. The molecule has 2 aliphatic rings. The molecular weight excluding hydrogens is 310 g/mol. The monoisotopic (exact) mass is 335 g/mol. The van der Waals surface area contributed by atoms with Crippen LogP contribution in [0.5, 0.6) is 5.75 Å². The summed E-state index contributed by atoms with van der Waals surface area (Å²) in [5.74, 6) is 0.932. The number of hydrogen-bond acceptors (Lipinski definition) is 3. The summed E-state index contributed by atoms with van der Waals surface area (Å²) in [4.78, 5) is 15.2. The predicted molar refractivity (Wildman–Crippen MR) is 98.5 cm³/mol. The molecule has 0 aromatic heterocycles. The fraction of sp³-hybridized carbons (Fsp3) is 0.409. The molecule has 1 N–H and O–H groups in total. The van der Waals surface area contributed by atoms with Crippen molar-refractivity contribution in [3.8, 4) is 5.75 Å². The van der Waals surface area contributed by atoms with Crippen molar-refractivity contribution >= 4 is 5.78 Å². The molecule has 4 rings (SSSR count). The average Bonchev–Trinajstić information content (AvgIpc) is 3.13. The maximum atomic E-state index is 12.7. The molecule has 130 valence electrons. The normalized spacial score (nSPS) is 26.6. The third kappa shape index (κ3) is 3.34. The van der Waals surface area contributed by atoms with Gasteiger partial charge in [-0.1, -0.05) is 48.9 Å². The van der Waals surface area contributed by atoms with E-state index in [1.807, 2.05) is 12.1 Å². The molecule has 3 nitrogen and oxygen atoms in total. The number of phenolic OH excluding ortho intramolecular Hbond substituents is 1. The molecule has 2 aromatic carbocycles. The van der Waals surface area contributed by atoms with E-state index >= 15 is 0 Å². The van der Waals surface area contributed by atoms with Gasteiger partial charge in [0.2, 0.25) is 0 Å². The Balaban J connectivity index is 1.59. The molecule has 1 aliphatic heterocycles. The standard InChI is InChI=1S/C22H25NO2/c24-18-11-9-17(10-12-18)21-15-22(25)19-7-4-8-20(19)23(21)14-13-16-5-2-1-3-6-16/h1-3,5-6,9-12,19-21,24H,4,7-8,13-15H2/t19-,20-,21-/m0/s1.